The smallest absolute Gasteiger partial charge is 0.318 e. The highest BCUT2D eigenvalue weighted by atomic mass is 35.5. The number of esters is 1. The van der Waals surface area contributed by atoms with Gasteiger partial charge >= 0.3 is 12.0 Å². The third-order valence-corrected chi connectivity index (χ3v) is 5.46. The zero-order valence-corrected chi connectivity index (χ0v) is 12.4. The molecular formula is C14H19ClN2O4. The molecule has 4 aliphatic carbocycles. The van der Waals surface area contributed by atoms with Crippen molar-refractivity contribution in [1.82, 2.24) is 5.32 Å². The fourth-order valence-corrected chi connectivity index (χ4v) is 5.54. The van der Waals surface area contributed by atoms with Crippen molar-refractivity contribution < 1.29 is 19.1 Å². The van der Waals surface area contributed by atoms with E-state index in [2.05, 4.69) is 0 Å². The van der Waals surface area contributed by atoms with E-state index in [0.717, 1.165) is 32.1 Å². The fraction of sp³-hybridized carbons (Fsp3) is 0.786. The summed E-state index contributed by atoms with van der Waals surface area (Å²) in [5, 5.41) is 1.88. The summed E-state index contributed by atoms with van der Waals surface area (Å²) in [5.74, 6) is -0.103. The van der Waals surface area contributed by atoms with Gasteiger partial charge < -0.3 is 10.5 Å². The van der Waals surface area contributed by atoms with Gasteiger partial charge in [0.1, 0.15) is 0 Å². The van der Waals surface area contributed by atoms with E-state index >= 15 is 0 Å². The van der Waals surface area contributed by atoms with Crippen LogP contribution in [-0.2, 0) is 14.3 Å². The first-order valence-electron chi connectivity index (χ1n) is 7.26. The first-order valence-corrected chi connectivity index (χ1v) is 7.64. The summed E-state index contributed by atoms with van der Waals surface area (Å²) >= 11 is 6.65. The maximum atomic E-state index is 12.5. The fourth-order valence-electron chi connectivity index (χ4n) is 4.85. The Labute approximate surface area is 127 Å². The molecule has 3 amide bonds. The average molecular weight is 315 g/mol. The predicted molar refractivity (Wildman–Crippen MR) is 74.4 cm³/mol. The van der Waals surface area contributed by atoms with Crippen LogP contribution < -0.4 is 11.1 Å². The predicted octanol–water partition coefficient (Wildman–Crippen LogP) is 1.30. The standard InChI is InChI=1S/C14H19ClN2O4/c15-14-4-8-1-9(5-14)3-13(2-8,7-14)11(19)21-6-10(18)17-12(16)20/h8-9H,1-7H2,(H3,16,17,18,20)/t8-,9-,13?,14?/m1/s1. The lowest BCUT2D eigenvalue weighted by Crippen LogP contribution is -2.56. The molecule has 0 aromatic carbocycles. The highest BCUT2D eigenvalue weighted by Crippen LogP contribution is 2.64. The molecule has 0 radical (unpaired) electrons. The van der Waals surface area contributed by atoms with Crippen LogP contribution in [0.4, 0.5) is 4.79 Å². The molecule has 7 heteroatoms. The van der Waals surface area contributed by atoms with E-state index in [1.165, 1.54) is 0 Å². The molecule has 0 saturated heterocycles. The number of hydrogen-bond donors (Lipinski definition) is 2. The first kappa shape index (κ1) is 14.6. The van der Waals surface area contributed by atoms with Crippen molar-refractivity contribution in [2.24, 2.45) is 23.0 Å². The summed E-state index contributed by atoms with van der Waals surface area (Å²) in [4.78, 5) is 34.1. The maximum absolute atomic E-state index is 12.5. The summed E-state index contributed by atoms with van der Waals surface area (Å²) < 4.78 is 5.12. The maximum Gasteiger partial charge on any atom is 0.318 e. The lowest BCUT2D eigenvalue weighted by Gasteiger charge is -2.58. The van der Waals surface area contributed by atoms with Crippen LogP contribution in [0.15, 0.2) is 0 Å². The van der Waals surface area contributed by atoms with Gasteiger partial charge in [-0.05, 0) is 50.4 Å². The Bertz CT molecular complexity index is 493. The molecule has 4 saturated carbocycles. The minimum absolute atomic E-state index is 0.279. The van der Waals surface area contributed by atoms with Crippen LogP contribution in [-0.4, -0.2) is 29.4 Å². The van der Waals surface area contributed by atoms with Gasteiger partial charge in [0.05, 0.1) is 5.41 Å². The van der Waals surface area contributed by atoms with E-state index < -0.39 is 24.0 Å². The molecule has 6 nitrogen and oxygen atoms in total. The number of nitrogens with two attached hydrogens (primary N) is 1. The van der Waals surface area contributed by atoms with Crippen molar-refractivity contribution in [3.8, 4) is 0 Å². The minimum Gasteiger partial charge on any atom is -0.455 e. The number of imide groups is 1. The number of ether oxygens (including phenoxy) is 1. The summed E-state index contributed by atoms with van der Waals surface area (Å²) in [6, 6.07) is -0.953. The molecule has 4 aliphatic rings. The van der Waals surface area contributed by atoms with Crippen molar-refractivity contribution >= 4 is 29.5 Å². The second-order valence-electron chi connectivity index (χ2n) is 6.88. The van der Waals surface area contributed by atoms with Gasteiger partial charge in [-0.3, -0.25) is 14.9 Å². The molecule has 0 unspecified atom stereocenters. The SMILES string of the molecule is NC(=O)NC(=O)COC(=O)C12C[C@H]3C[C@@H](CC(Cl)(C3)C1)C2. The van der Waals surface area contributed by atoms with E-state index in [1.807, 2.05) is 5.32 Å². The van der Waals surface area contributed by atoms with Crippen molar-refractivity contribution in [3.05, 3.63) is 0 Å². The Kier molecular flexibility index (Phi) is 3.39. The highest BCUT2D eigenvalue weighted by Gasteiger charge is 2.60. The average Bonchev–Trinajstić information content (AvgIpc) is 2.31. The number of primary amides is 1. The Morgan fingerprint density at radius 3 is 2.33 bits per heavy atom. The molecule has 0 spiro atoms. The van der Waals surface area contributed by atoms with Gasteiger partial charge in [-0.25, -0.2) is 4.79 Å². The van der Waals surface area contributed by atoms with Crippen LogP contribution in [0.3, 0.4) is 0 Å². The molecule has 0 aromatic rings. The third-order valence-electron chi connectivity index (χ3n) is 5.02. The lowest BCUT2D eigenvalue weighted by molar-refractivity contribution is -0.171. The second kappa shape index (κ2) is 4.87. The van der Waals surface area contributed by atoms with Gasteiger partial charge in [-0.15, -0.1) is 11.6 Å². The number of amides is 3. The molecule has 4 rings (SSSR count). The number of hydrogen-bond acceptors (Lipinski definition) is 4. The summed E-state index contributed by atoms with van der Waals surface area (Å²) in [6.45, 7) is -0.478. The van der Waals surface area contributed by atoms with Crippen LogP contribution in [0.1, 0.15) is 38.5 Å². The summed E-state index contributed by atoms with van der Waals surface area (Å²) in [7, 11) is 0. The Morgan fingerprint density at radius 2 is 1.81 bits per heavy atom. The van der Waals surface area contributed by atoms with Crippen LogP contribution in [0, 0.1) is 17.3 Å². The zero-order chi connectivity index (χ0) is 15.3. The van der Waals surface area contributed by atoms with Crippen molar-refractivity contribution in [2.45, 2.75) is 43.4 Å². The van der Waals surface area contributed by atoms with Gasteiger partial charge in [0.15, 0.2) is 6.61 Å². The number of carbonyl (C=O) groups is 3. The van der Waals surface area contributed by atoms with E-state index in [4.69, 9.17) is 22.1 Å². The van der Waals surface area contributed by atoms with Crippen molar-refractivity contribution in [3.63, 3.8) is 0 Å². The Balaban J connectivity index is 1.64. The monoisotopic (exact) mass is 314 g/mol. The van der Waals surface area contributed by atoms with Gasteiger partial charge in [-0.1, -0.05) is 0 Å². The normalized spacial score (nSPS) is 39.9. The Hall–Kier alpha value is -1.30. The van der Waals surface area contributed by atoms with E-state index in [9.17, 15) is 14.4 Å². The number of halogens is 1. The van der Waals surface area contributed by atoms with Crippen molar-refractivity contribution in [2.75, 3.05) is 6.61 Å². The minimum atomic E-state index is -0.953. The lowest BCUT2D eigenvalue weighted by atomic mass is 9.49. The Morgan fingerprint density at radius 1 is 1.19 bits per heavy atom. The van der Waals surface area contributed by atoms with Crippen LogP contribution in [0.2, 0.25) is 0 Å². The molecule has 0 heterocycles. The van der Waals surface area contributed by atoms with Gasteiger partial charge in [-0.2, -0.15) is 0 Å². The van der Waals surface area contributed by atoms with Crippen LogP contribution in [0.5, 0.6) is 0 Å². The zero-order valence-electron chi connectivity index (χ0n) is 11.7. The molecule has 21 heavy (non-hydrogen) atoms. The molecule has 0 aliphatic heterocycles. The topological polar surface area (TPSA) is 98.5 Å². The van der Waals surface area contributed by atoms with Crippen molar-refractivity contribution in [1.29, 1.82) is 0 Å². The molecule has 3 N–H and O–H groups in total. The second-order valence-corrected chi connectivity index (χ2v) is 7.68. The molecular weight excluding hydrogens is 296 g/mol. The van der Waals surface area contributed by atoms with Crippen LogP contribution >= 0.6 is 11.6 Å². The highest BCUT2D eigenvalue weighted by molar-refractivity contribution is 6.24. The number of carbonyl (C=O) groups excluding carboxylic acids is 3. The largest absolute Gasteiger partial charge is 0.455 e. The molecule has 0 aromatic heterocycles. The van der Waals surface area contributed by atoms with Gasteiger partial charge in [0, 0.05) is 4.87 Å². The number of urea groups is 1. The first-order chi connectivity index (χ1) is 9.80. The number of alkyl halides is 1. The molecule has 116 valence electrons. The molecule has 4 bridgehead atoms. The van der Waals surface area contributed by atoms with E-state index in [-0.39, 0.29) is 10.8 Å². The quantitative estimate of drug-likeness (QED) is 0.606. The summed E-state index contributed by atoms with van der Waals surface area (Å²) in [6.07, 6.45) is 5.32. The van der Waals surface area contributed by atoms with E-state index in [0.29, 0.717) is 18.3 Å². The van der Waals surface area contributed by atoms with Gasteiger partial charge in [0.25, 0.3) is 5.91 Å². The summed E-state index contributed by atoms with van der Waals surface area (Å²) in [5.41, 5.74) is 4.29. The molecule has 4 fully saturated rings. The third kappa shape index (κ3) is 2.73. The van der Waals surface area contributed by atoms with Crippen LogP contribution in [0.25, 0.3) is 0 Å². The van der Waals surface area contributed by atoms with E-state index in [1.54, 1.807) is 0 Å². The number of nitrogens with one attached hydrogen (secondary N) is 1. The van der Waals surface area contributed by atoms with Gasteiger partial charge in [0.2, 0.25) is 0 Å². The molecule has 2 atom stereocenters. The number of rotatable bonds is 3.